The number of benzene rings is 1. The zero-order valence-corrected chi connectivity index (χ0v) is 11.8. The Labute approximate surface area is 118 Å². The van der Waals surface area contributed by atoms with Crippen LogP contribution in [0, 0.1) is 6.92 Å². The van der Waals surface area contributed by atoms with Crippen molar-refractivity contribution in [2.24, 2.45) is 0 Å². The molecule has 2 rings (SSSR count). The van der Waals surface area contributed by atoms with Gasteiger partial charge < -0.3 is 10.4 Å². The number of nitrogens with zero attached hydrogens (tertiary/aromatic N) is 1. The third-order valence-corrected chi connectivity index (χ3v) is 3.87. The average Bonchev–Trinajstić information content (AvgIpc) is 2.34. The number of carboxylic acid groups (broad SMARTS) is 1. The molecule has 108 valence electrons. The Morgan fingerprint density at radius 3 is 2.60 bits per heavy atom. The zero-order chi connectivity index (χ0) is 14.8. The van der Waals surface area contributed by atoms with Crippen molar-refractivity contribution in [3.63, 3.8) is 0 Å². The van der Waals surface area contributed by atoms with Gasteiger partial charge in [0.1, 0.15) is 0 Å². The number of urea groups is 1. The number of carboxylic acids is 1. The SMILES string of the molecule is Cc1cccc(N(C)C(=O)NC2(CC(=O)O)CCC2)c1. The molecule has 1 aromatic carbocycles. The van der Waals surface area contributed by atoms with E-state index < -0.39 is 11.5 Å². The van der Waals surface area contributed by atoms with Gasteiger partial charge in [0.2, 0.25) is 0 Å². The van der Waals surface area contributed by atoms with Gasteiger partial charge in [0.25, 0.3) is 0 Å². The quantitative estimate of drug-likeness (QED) is 0.887. The highest BCUT2D eigenvalue weighted by Gasteiger charge is 2.41. The van der Waals surface area contributed by atoms with Crippen LogP contribution in [0.3, 0.4) is 0 Å². The summed E-state index contributed by atoms with van der Waals surface area (Å²) in [6.07, 6.45) is 2.40. The van der Waals surface area contributed by atoms with Gasteiger partial charge in [0, 0.05) is 12.7 Å². The predicted octanol–water partition coefficient (Wildman–Crippen LogP) is 2.54. The van der Waals surface area contributed by atoms with Crippen LogP contribution in [0.15, 0.2) is 24.3 Å². The van der Waals surface area contributed by atoms with Crippen LogP contribution in [0.2, 0.25) is 0 Å². The topological polar surface area (TPSA) is 69.6 Å². The van der Waals surface area contributed by atoms with Gasteiger partial charge >= 0.3 is 12.0 Å². The first-order valence-electron chi connectivity index (χ1n) is 6.76. The molecule has 1 aromatic rings. The molecule has 20 heavy (non-hydrogen) atoms. The molecule has 0 radical (unpaired) electrons. The summed E-state index contributed by atoms with van der Waals surface area (Å²) >= 11 is 0. The average molecular weight is 276 g/mol. The molecule has 2 amide bonds. The lowest BCUT2D eigenvalue weighted by molar-refractivity contribution is -0.139. The first kappa shape index (κ1) is 14.4. The monoisotopic (exact) mass is 276 g/mol. The number of amides is 2. The lowest BCUT2D eigenvalue weighted by Crippen LogP contribution is -2.57. The Bertz CT molecular complexity index is 524. The van der Waals surface area contributed by atoms with E-state index in [0.717, 1.165) is 30.5 Å². The molecule has 2 N–H and O–H groups in total. The van der Waals surface area contributed by atoms with E-state index in [9.17, 15) is 9.59 Å². The maximum absolute atomic E-state index is 12.3. The van der Waals surface area contributed by atoms with Gasteiger partial charge in [-0.3, -0.25) is 9.69 Å². The van der Waals surface area contributed by atoms with Crippen LogP contribution in [-0.2, 0) is 4.79 Å². The van der Waals surface area contributed by atoms with Crippen molar-refractivity contribution >= 4 is 17.7 Å². The second-order valence-corrected chi connectivity index (χ2v) is 5.53. The van der Waals surface area contributed by atoms with Gasteiger partial charge in [0.15, 0.2) is 0 Å². The Morgan fingerprint density at radius 1 is 1.40 bits per heavy atom. The molecule has 1 aliphatic rings. The standard InChI is InChI=1S/C15H20N2O3/c1-11-5-3-6-12(9-11)17(2)14(20)16-15(7-4-8-15)10-13(18)19/h3,5-6,9H,4,7-8,10H2,1-2H3,(H,16,20)(H,18,19). The minimum atomic E-state index is -0.872. The molecular formula is C15H20N2O3. The first-order chi connectivity index (χ1) is 9.42. The second kappa shape index (κ2) is 5.53. The van der Waals surface area contributed by atoms with Crippen LogP contribution in [0.1, 0.15) is 31.2 Å². The number of hydrogen-bond acceptors (Lipinski definition) is 2. The number of aryl methyl sites for hydroxylation is 1. The highest BCUT2D eigenvalue weighted by Crippen LogP contribution is 2.35. The Kier molecular flexibility index (Phi) is 3.97. The van der Waals surface area contributed by atoms with Gasteiger partial charge in [-0.2, -0.15) is 0 Å². The minimum absolute atomic E-state index is 0.0135. The van der Waals surface area contributed by atoms with E-state index in [-0.39, 0.29) is 12.5 Å². The summed E-state index contributed by atoms with van der Waals surface area (Å²) in [5.41, 5.74) is 1.31. The highest BCUT2D eigenvalue weighted by atomic mass is 16.4. The summed E-state index contributed by atoms with van der Waals surface area (Å²) in [5.74, 6) is -0.872. The fourth-order valence-corrected chi connectivity index (χ4v) is 2.50. The normalized spacial score (nSPS) is 16.1. The van der Waals surface area contributed by atoms with E-state index in [1.54, 1.807) is 7.05 Å². The predicted molar refractivity (Wildman–Crippen MR) is 76.9 cm³/mol. The number of anilines is 1. The number of carbonyl (C=O) groups excluding carboxylic acids is 1. The van der Waals surface area contributed by atoms with Gasteiger partial charge in [-0.1, -0.05) is 12.1 Å². The van der Waals surface area contributed by atoms with E-state index in [4.69, 9.17) is 5.11 Å². The molecule has 0 aromatic heterocycles. The van der Waals surface area contributed by atoms with E-state index in [1.807, 2.05) is 31.2 Å². The summed E-state index contributed by atoms with van der Waals surface area (Å²) < 4.78 is 0. The summed E-state index contributed by atoms with van der Waals surface area (Å²) in [4.78, 5) is 24.7. The Morgan fingerprint density at radius 2 is 2.10 bits per heavy atom. The number of aliphatic carboxylic acids is 1. The van der Waals surface area contributed by atoms with Gasteiger partial charge in [-0.15, -0.1) is 0 Å². The van der Waals surface area contributed by atoms with Crippen molar-refractivity contribution in [3.8, 4) is 0 Å². The summed E-state index contributed by atoms with van der Waals surface area (Å²) in [5, 5.41) is 11.8. The number of rotatable bonds is 4. The van der Waals surface area contributed by atoms with Crippen LogP contribution in [-0.4, -0.2) is 29.7 Å². The number of nitrogens with one attached hydrogen (secondary N) is 1. The van der Waals surface area contributed by atoms with Crippen LogP contribution in [0.5, 0.6) is 0 Å². The van der Waals surface area contributed by atoms with E-state index in [0.29, 0.717) is 0 Å². The third-order valence-electron chi connectivity index (χ3n) is 3.87. The first-order valence-corrected chi connectivity index (χ1v) is 6.76. The maximum atomic E-state index is 12.3. The maximum Gasteiger partial charge on any atom is 0.322 e. The number of hydrogen-bond donors (Lipinski definition) is 2. The molecule has 0 atom stereocenters. The molecule has 5 heteroatoms. The molecule has 0 saturated heterocycles. The molecule has 1 aliphatic carbocycles. The van der Waals surface area contributed by atoms with Crippen molar-refractivity contribution in [2.75, 3.05) is 11.9 Å². The summed E-state index contributed by atoms with van der Waals surface area (Å²) in [7, 11) is 1.69. The largest absolute Gasteiger partial charge is 0.481 e. The van der Waals surface area contributed by atoms with Gasteiger partial charge in [-0.05, 0) is 43.9 Å². The fourth-order valence-electron chi connectivity index (χ4n) is 2.50. The van der Waals surface area contributed by atoms with Crippen molar-refractivity contribution in [3.05, 3.63) is 29.8 Å². The molecule has 0 unspecified atom stereocenters. The molecule has 0 heterocycles. The van der Waals surface area contributed by atoms with E-state index >= 15 is 0 Å². The van der Waals surface area contributed by atoms with E-state index in [1.165, 1.54) is 4.90 Å². The lowest BCUT2D eigenvalue weighted by Gasteiger charge is -2.42. The summed E-state index contributed by atoms with van der Waals surface area (Å²) in [6, 6.07) is 7.39. The van der Waals surface area contributed by atoms with Crippen molar-refractivity contribution < 1.29 is 14.7 Å². The molecule has 0 aliphatic heterocycles. The van der Waals surface area contributed by atoms with Gasteiger partial charge in [-0.25, -0.2) is 4.79 Å². The van der Waals surface area contributed by atoms with Crippen LogP contribution in [0.25, 0.3) is 0 Å². The zero-order valence-electron chi connectivity index (χ0n) is 11.8. The fraction of sp³-hybridized carbons (Fsp3) is 0.467. The lowest BCUT2D eigenvalue weighted by atomic mass is 9.74. The van der Waals surface area contributed by atoms with Crippen LogP contribution < -0.4 is 10.2 Å². The minimum Gasteiger partial charge on any atom is -0.481 e. The van der Waals surface area contributed by atoms with Crippen LogP contribution in [0.4, 0.5) is 10.5 Å². The second-order valence-electron chi connectivity index (χ2n) is 5.53. The highest BCUT2D eigenvalue weighted by molar-refractivity contribution is 5.92. The van der Waals surface area contributed by atoms with Crippen LogP contribution >= 0.6 is 0 Å². The summed E-state index contributed by atoms with van der Waals surface area (Å²) in [6.45, 7) is 1.97. The third kappa shape index (κ3) is 3.10. The molecule has 1 saturated carbocycles. The smallest absolute Gasteiger partial charge is 0.322 e. The molecule has 0 bridgehead atoms. The van der Waals surface area contributed by atoms with Crippen molar-refractivity contribution in [1.82, 2.24) is 5.32 Å². The Balaban J connectivity index is 2.05. The number of carbonyl (C=O) groups is 2. The van der Waals surface area contributed by atoms with Crippen molar-refractivity contribution in [1.29, 1.82) is 0 Å². The van der Waals surface area contributed by atoms with Crippen molar-refractivity contribution in [2.45, 2.75) is 38.1 Å². The van der Waals surface area contributed by atoms with Gasteiger partial charge in [0.05, 0.1) is 12.0 Å². The molecular weight excluding hydrogens is 256 g/mol. The van der Waals surface area contributed by atoms with E-state index in [2.05, 4.69) is 5.32 Å². The Hall–Kier alpha value is -2.04. The molecule has 1 fully saturated rings. The molecule has 5 nitrogen and oxygen atoms in total. The molecule has 0 spiro atoms.